The number of amides is 1. The molecule has 0 saturated heterocycles. The van der Waals surface area contributed by atoms with Gasteiger partial charge in [0.05, 0.1) is 29.1 Å². The van der Waals surface area contributed by atoms with Gasteiger partial charge in [-0.25, -0.2) is 4.98 Å². The summed E-state index contributed by atoms with van der Waals surface area (Å²) in [5, 5.41) is 1.81. The van der Waals surface area contributed by atoms with E-state index in [-0.39, 0.29) is 10.7 Å². The van der Waals surface area contributed by atoms with Crippen LogP contribution in [0.3, 0.4) is 0 Å². The third kappa shape index (κ3) is 7.13. The average molecular weight is 484 g/mol. The van der Waals surface area contributed by atoms with Crippen molar-refractivity contribution in [2.75, 3.05) is 12.4 Å². The lowest BCUT2D eigenvalue weighted by Gasteiger charge is -2.12. The number of allylic oxidation sites excluding steroid dienone is 2. The summed E-state index contributed by atoms with van der Waals surface area (Å²) in [5.41, 5.74) is 0.522. The number of nitrogens with one attached hydrogen (secondary N) is 1. The number of methoxy groups -OCH3 is 1. The number of aromatic nitrogens is 1. The van der Waals surface area contributed by atoms with Crippen LogP contribution in [0.15, 0.2) is 64.0 Å². The summed E-state index contributed by atoms with van der Waals surface area (Å²) in [5.74, 6) is -0.137. The molecule has 0 bridgehead atoms. The molecule has 0 aliphatic rings. The van der Waals surface area contributed by atoms with E-state index in [4.69, 9.17) is 16.3 Å². The zero-order chi connectivity index (χ0) is 23.9. The number of carbonyl (C=O) groups excluding carboxylic acids is 1. The molecule has 0 aliphatic heterocycles. The van der Waals surface area contributed by atoms with E-state index in [2.05, 4.69) is 21.9 Å². The smallest absolute Gasteiger partial charge is 0.418 e. The number of thioether (sulfide) groups is 1. The van der Waals surface area contributed by atoms with E-state index in [9.17, 15) is 18.0 Å². The van der Waals surface area contributed by atoms with Gasteiger partial charge in [-0.1, -0.05) is 48.2 Å². The van der Waals surface area contributed by atoms with Crippen LogP contribution in [-0.4, -0.2) is 23.7 Å². The quantitative estimate of drug-likeness (QED) is 0.343. The molecule has 10 heteroatoms. The number of hydrogen-bond donors (Lipinski definition) is 1. The number of alkyl halides is 3. The van der Waals surface area contributed by atoms with Gasteiger partial charge in [0.25, 0.3) is 5.91 Å². The fraction of sp³-hybridized carbons (Fsp3) is 0.227. The Bertz CT molecular complexity index is 1050. The number of carbonyl (C=O) groups is 1. The van der Waals surface area contributed by atoms with Crippen LogP contribution >= 0.6 is 23.4 Å². The van der Waals surface area contributed by atoms with E-state index in [1.807, 2.05) is 24.3 Å². The van der Waals surface area contributed by atoms with Crippen molar-refractivity contribution in [2.45, 2.75) is 26.6 Å². The normalized spacial score (nSPS) is 12.5. The van der Waals surface area contributed by atoms with Crippen molar-refractivity contribution in [1.29, 1.82) is 0 Å². The van der Waals surface area contributed by atoms with Crippen LogP contribution in [0.25, 0.3) is 0 Å². The van der Waals surface area contributed by atoms with Crippen LogP contribution in [0.2, 0.25) is 5.02 Å². The molecule has 0 spiro atoms. The molecule has 0 unspecified atom stereocenters. The Morgan fingerprint density at radius 3 is 2.56 bits per heavy atom. The summed E-state index contributed by atoms with van der Waals surface area (Å²) in [4.78, 5) is 21.5. The minimum absolute atomic E-state index is 0.235. The van der Waals surface area contributed by atoms with Crippen molar-refractivity contribution in [3.63, 3.8) is 0 Å². The molecular formula is C22H21ClF3N3O2S. The first-order chi connectivity index (χ1) is 15.0. The van der Waals surface area contributed by atoms with Crippen molar-refractivity contribution in [1.82, 2.24) is 4.98 Å². The highest BCUT2D eigenvalue weighted by Crippen LogP contribution is 2.35. The van der Waals surface area contributed by atoms with E-state index < -0.39 is 22.7 Å². The number of ether oxygens (including phenoxy) is 1. The van der Waals surface area contributed by atoms with Gasteiger partial charge in [0.2, 0.25) is 0 Å². The van der Waals surface area contributed by atoms with Gasteiger partial charge in [-0.05, 0) is 37.6 Å². The SMILES string of the molecule is C=C(S/C(=C\C)C(=O)Nc1cc(C(F)(F)F)c(Cl)cn1)C(C)=NCc1ccc(OC)cc1. The molecule has 5 nitrogen and oxygen atoms in total. The lowest BCUT2D eigenvalue weighted by molar-refractivity contribution is -0.137. The Morgan fingerprint density at radius 2 is 2.00 bits per heavy atom. The van der Waals surface area contributed by atoms with Crippen molar-refractivity contribution in [3.8, 4) is 5.75 Å². The molecule has 0 saturated carbocycles. The first-order valence-electron chi connectivity index (χ1n) is 9.26. The summed E-state index contributed by atoms with van der Waals surface area (Å²) in [6.07, 6.45) is -2.29. The van der Waals surface area contributed by atoms with E-state index in [0.29, 0.717) is 23.2 Å². The molecule has 0 radical (unpaired) electrons. The summed E-state index contributed by atoms with van der Waals surface area (Å²) in [7, 11) is 1.59. The lowest BCUT2D eigenvalue weighted by atomic mass is 10.2. The molecule has 0 aliphatic carbocycles. The number of halogens is 4. The molecule has 170 valence electrons. The zero-order valence-corrected chi connectivity index (χ0v) is 19.2. The van der Waals surface area contributed by atoms with E-state index in [0.717, 1.165) is 29.3 Å². The average Bonchev–Trinajstić information content (AvgIpc) is 2.76. The van der Waals surface area contributed by atoms with Crippen LogP contribution in [0.1, 0.15) is 25.0 Å². The molecule has 0 fully saturated rings. The lowest BCUT2D eigenvalue weighted by Crippen LogP contribution is -2.15. The Kier molecular flexibility index (Phi) is 8.91. The summed E-state index contributed by atoms with van der Waals surface area (Å²) < 4.78 is 44.2. The van der Waals surface area contributed by atoms with Gasteiger partial charge >= 0.3 is 6.18 Å². The Morgan fingerprint density at radius 1 is 1.34 bits per heavy atom. The highest BCUT2D eigenvalue weighted by atomic mass is 35.5. The molecule has 32 heavy (non-hydrogen) atoms. The molecule has 1 aromatic carbocycles. The highest BCUT2D eigenvalue weighted by molar-refractivity contribution is 8.08. The second-order valence-electron chi connectivity index (χ2n) is 6.43. The standard InChI is InChI=1S/C22H21ClF3N3O2S/c1-5-19(21(30)29-20-10-17(22(24,25)26)18(23)12-28-20)32-14(3)13(2)27-11-15-6-8-16(31-4)9-7-15/h5-10,12H,3,11H2,1-2,4H3,(H,28,29,30)/b19-5-,27-13?. The summed E-state index contributed by atoms with van der Waals surface area (Å²) in [6, 6.07) is 8.14. The molecule has 2 rings (SSSR count). The maximum absolute atomic E-state index is 13.0. The predicted octanol–water partition coefficient (Wildman–Crippen LogP) is 6.51. The Balaban J connectivity index is 2.04. The highest BCUT2D eigenvalue weighted by Gasteiger charge is 2.34. The van der Waals surface area contributed by atoms with Crippen LogP contribution in [0, 0.1) is 0 Å². The molecular weight excluding hydrogens is 463 g/mol. The topological polar surface area (TPSA) is 63.6 Å². The van der Waals surface area contributed by atoms with Crippen molar-refractivity contribution >= 4 is 40.8 Å². The van der Waals surface area contributed by atoms with Gasteiger partial charge in [-0.3, -0.25) is 9.79 Å². The van der Waals surface area contributed by atoms with E-state index >= 15 is 0 Å². The van der Waals surface area contributed by atoms with Gasteiger partial charge in [0.1, 0.15) is 11.6 Å². The second kappa shape index (κ2) is 11.2. The summed E-state index contributed by atoms with van der Waals surface area (Å²) >= 11 is 6.62. The van der Waals surface area contributed by atoms with E-state index in [1.54, 1.807) is 21.0 Å². The number of rotatable bonds is 8. The second-order valence-corrected chi connectivity index (χ2v) is 7.97. The first kappa shape index (κ1) is 25.5. The number of pyridine rings is 1. The maximum Gasteiger partial charge on any atom is 0.418 e. The third-order valence-electron chi connectivity index (χ3n) is 4.18. The maximum atomic E-state index is 13.0. The van der Waals surface area contributed by atoms with Gasteiger partial charge in [-0.15, -0.1) is 0 Å². The number of anilines is 1. The van der Waals surface area contributed by atoms with Gasteiger partial charge in [0.15, 0.2) is 0 Å². The van der Waals surface area contributed by atoms with Crippen LogP contribution in [0.4, 0.5) is 19.0 Å². The van der Waals surface area contributed by atoms with Crippen molar-refractivity contribution in [3.05, 3.63) is 75.1 Å². The third-order valence-corrected chi connectivity index (χ3v) is 5.67. The van der Waals surface area contributed by atoms with Gasteiger partial charge in [0, 0.05) is 16.8 Å². The van der Waals surface area contributed by atoms with Gasteiger partial charge < -0.3 is 10.1 Å². The summed E-state index contributed by atoms with van der Waals surface area (Å²) in [6.45, 7) is 7.76. The number of aliphatic imine (C=N–C) groups is 1. The number of hydrogen-bond acceptors (Lipinski definition) is 5. The van der Waals surface area contributed by atoms with E-state index in [1.165, 1.54) is 6.08 Å². The van der Waals surface area contributed by atoms with Gasteiger partial charge in [-0.2, -0.15) is 13.2 Å². The fourth-order valence-electron chi connectivity index (χ4n) is 2.37. The molecule has 2 aromatic rings. The largest absolute Gasteiger partial charge is 0.497 e. The zero-order valence-electron chi connectivity index (χ0n) is 17.6. The van der Waals surface area contributed by atoms with Crippen molar-refractivity contribution < 1.29 is 22.7 Å². The van der Waals surface area contributed by atoms with Crippen LogP contribution < -0.4 is 10.1 Å². The first-order valence-corrected chi connectivity index (χ1v) is 10.5. The molecule has 1 heterocycles. The molecule has 1 aromatic heterocycles. The van der Waals surface area contributed by atoms with Crippen LogP contribution in [0.5, 0.6) is 5.75 Å². The molecule has 1 amide bonds. The Hall–Kier alpha value is -2.78. The minimum Gasteiger partial charge on any atom is -0.497 e. The number of benzene rings is 1. The molecule has 0 atom stereocenters. The Labute approximate surface area is 193 Å². The van der Waals surface area contributed by atoms with Crippen molar-refractivity contribution in [2.24, 2.45) is 4.99 Å². The minimum atomic E-state index is -4.66. The number of nitrogens with zero attached hydrogens (tertiary/aromatic N) is 2. The monoisotopic (exact) mass is 483 g/mol. The van der Waals surface area contributed by atoms with Crippen LogP contribution in [-0.2, 0) is 17.5 Å². The predicted molar refractivity (Wildman–Crippen MR) is 123 cm³/mol. The fourth-order valence-corrected chi connectivity index (χ4v) is 3.32. The molecule has 1 N–H and O–H groups in total.